The number of ether oxygens (including phenoxy) is 1. The lowest BCUT2D eigenvalue weighted by Crippen LogP contribution is -2.28. The van der Waals surface area contributed by atoms with Gasteiger partial charge in [-0.2, -0.15) is 0 Å². The summed E-state index contributed by atoms with van der Waals surface area (Å²) in [5.41, 5.74) is -1.02. The van der Waals surface area contributed by atoms with Crippen molar-refractivity contribution in [3.05, 3.63) is 126 Å². The summed E-state index contributed by atoms with van der Waals surface area (Å²) in [6.07, 6.45) is 5.63. The van der Waals surface area contributed by atoms with Gasteiger partial charge in [0.1, 0.15) is 5.82 Å². The first-order chi connectivity index (χ1) is 16.0. The van der Waals surface area contributed by atoms with Crippen LogP contribution in [0.4, 0.5) is 4.39 Å². The quantitative estimate of drug-likeness (QED) is 0.186. The maximum Gasteiger partial charge on any atom is 0.339 e. The van der Waals surface area contributed by atoms with E-state index in [9.17, 15) is 9.18 Å². The predicted molar refractivity (Wildman–Crippen MR) is 129 cm³/mol. The maximum absolute atomic E-state index is 14.3. The van der Waals surface area contributed by atoms with Crippen LogP contribution in [0.15, 0.2) is 124 Å². The lowest BCUT2D eigenvalue weighted by atomic mass is 9.96. The highest BCUT2D eigenvalue weighted by molar-refractivity contribution is 7.97. The van der Waals surface area contributed by atoms with Gasteiger partial charge in [0.25, 0.3) is 0 Å². The van der Waals surface area contributed by atoms with Gasteiger partial charge in [-0.05, 0) is 61.5 Å². The summed E-state index contributed by atoms with van der Waals surface area (Å²) >= 11 is 0. The number of hydrogen-bond acceptors (Lipinski definition) is 2. The fourth-order valence-electron chi connectivity index (χ4n) is 3.50. The van der Waals surface area contributed by atoms with Gasteiger partial charge in [-0.3, -0.25) is 0 Å². The molecule has 0 aliphatic carbocycles. The van der Waals surface area contributed by atoms with Crippen LogP contribution in [-0.4, -0.2) is 5.97 Å². The molecule has 0 aromatic heterocycles. The van der Waals surface area contributed by atoms with Gasteiger partial charge in [-0.15, -0.1) is 6.42 Å². The van der Waals surface area contributed by atoms with Gasteiger partial charge in [0.05, 0.1) is 16.5 Å². The van der Waals surface area contributed by atoms with Crippen LogP contribution in [0.2, 0.25) is 0 Å². The Hall–Kier alpha value is -3.81. The lowest BCUT2D eigenvalue weighted by Gasteiger charge is -2.25. The molecule has 0 saturated carbocycles. The third kappa shape index (κ3) is 4.84. The Morgan fingerprint density at radius 1 is 0.788 bits per heavy atom. The van der Waals surface area contributed by atoms with Crippen LogP contribution in [0.25, 0.3) is 0 Å². The van der Waals surface area contributed by atoms with Crippen molar-refractivity contribution < 1.29 is 13.9 Å². The normalized spacial score (nSPS) is 12.5. The van der Waals surface area contributed by atoms with E-state index in [2.05, 4.69) is 30.2 Å². The molecule has 1 atom stereocenters. The van der Waals surface area contributed by atoms with Crippen molar-refractivity contribution in [2.75, 3.05) is 0 Å². The van der Waals surface area contributed by atoms with E-state index in [1.54, 1.807) is 24.3 Å². The van der Waals surface area contributed by atoms with Crippen LogP contribution in [0.3, 0.4) is 0 Å². The molecule has 0 N–H and O–H groups in total. The summed E-state index contributed by atoms with van der Waals surface area (Å²) in [4.78, 5) is 16.3. The molecular formula is C29H22FO2S+. The van der Waals surface area contributed by atoms with Gasteiger partial charge in [-0.25, -0.2) is 9.18 Å². The Morgan fingerprint density at radius 2 is 1.27 bits per heavy atom. The number of carbonyl (C=O) groups excluding carboxylic acids is 1. The fraction of sp³-hybridized carbons (Fsp3) is 0.0690. The standard InChI is InChI=1S/C29H22FO2S/c1-3-29(2,26-16-10-11-17-27(26)30)32-28(31)22-18-20-25(21-19-22)33(23-12-6-4-7-13-23)24-14-8-5-9-15-24/h1,4-21H,2H3/q+1. The number of rotatable bonds is 6. The van der Waals surface area contributed by atoms with E-state index in [4.69, 9.17) is 11.2 Å². The number of terminal acetylenes is 1. The largest absolute Gasteiger partial charge is 0.438 e. The smallest absolute Gasteiger partial charge is 0.339 e. The first-order valence-corrected chi connectivity index (χ1v) is 11.6. The van der Waals surface area contributed by atoms with Crippen LogP contribution < -0.4 is 0 Å². The molecule has 4 aromatic rings. The average molecular weight is 454 g/mol. The summed E-state index contributed by atoms with van der Waals surface area (Å²) in [6.45, 7) is 1.51. The molecule has 0 heterocycles. The molecule has 162 valence electrons. The molecule has 0 amide bonds. The number of carbonyl (C=O) groups is 1. The minimum atomic E-state index is -1.51. The van der Waals surface area contributed by atoms with E-state index < -0.39 is 17.4 Å². The number of halogens is 1. The van der Waals surface area contributed by atoms with Crippen molar-refractivity contribution in [1.82, 2.24) is 0 Å². The van der Waals surface area contributed by atoms with E-state index in [1.807, 2.05) is 48.5 Å². The highest BCUT2D eigenvalue weighted by Crippen LogP contribution is 2.32. The van der Waals surface area contributed by atoms with Gasteiger partial charge < -0.3 is 4.74 Å². The predicted octanol–water partition coefficient (Wildman–Crippen LogP) is 6.63. The second-order valence-corrected chi connectivity index (χ2v) is 9.53. The molecule has 2 nitrogen and oxygen atoms in total. The fourth-order valence-corrected chi connectivity index (χ4v) is 5.59. The second-order valence-electron chi connectivity index (χ2n) is 7.50. The Labute approximate surface area is 196 Å². The van der Waals surface area contributed by atoms with Crippen molar-refractivity contribution in [2.24, 2.45) is 0 Å². The van der Waals surface area contributed by atoms with Gasteiger partial charge in [0.2, 0.25) is 0 Å². The number of hydrogen-bond donors (Lipinski definition) is 0. The van der Waals surface area contributed by atoms with Crippen molar-refractivity contribution in [2.45, 2.75) is 27.2 Å². The first-order valence-electron chi connectivity index (χ1n) is 10.4. The lowest BCUT2D eigenvalue weighted by molar-refractivity contribution is 0.0118. The summed E-state index contributed by atoms with van der Waals surface area (Å²) < 4.78 is 19.9. The zero-order valence-electron chi connectivity index (χ0n) is 18.1. The SMILES string of the molecule is C#CC(C)(OC(=O)c1ccc([S+](c2ccccc2)c2ccccc2)cc1)c1ccccc1F. The Morgan fingerprint density at radius 3 is 1.79 bits per heavy atom. The van der Waals surface area contributed by atoms with Crippen molar-refractivity contribution in [3.8, 4) is 12.3 Å². The Kier molecular flexibility index (Phi) is 6.63. The molecule has 0 aliphatic rings. The molecular weight excluding hydrogens is 431 g/mol. The Bertz CT molecular complexity index is 1240. The van der Waals surface area contributed by atoms with Gasteiger partial charge >= 0.3 is 5.97 Å². The molecule has 4 heteroatoms. The highest BCUT2D eigenvalue weighted by Gasteiger charge is 2.33. The molecule has 0 spiro atoms. The summed E-state index contributed by atoms with van der Waals surface area (Å²) in [5.74, 6) is 1.30. The third-order valence-electron chi connectivity index (χ3n) is 5.24. The molecule has 0 saturated heterocycles. The van der Waals surface area contributed by atoms with Crippen molar-refractivity contribution in [1.29, 1.82) is 0 Å². The molecule has 0 bridgehead atoms. The van der Waals surface area contributed by atoms with Crippen molar-refractivity contribution in [3.63, 3.8) is 0 Å². The molecule has 0 radical (unpaired) electrons. The van der Waals surface area contributed by atoms with Crippen molar-refractivity contribution >= 4 is 16.9 Å². The Balaban J connectivity index is 1.62. The van der Waals surface area contributed by atoms with Gasteiger partial charge in [-0.1, -0.05) is 60.5 Å². The molecule has 4 rings (SSSR count). The maximum atomic E-state index is 14.3. The number of esters is 1. The molecule has 33 heavy (non-hydrogen) atoms. The summed E-state index contributed by atoms with van der Waals surface area (Å²) in [5, 5.41) is 0. The number of benzene rings is 4. The molecule has 0 aliphatic heterocycles. The average Bonchev–Trinajstić information content (AvgIpc) is 2.86. The third-order valence-corrected chi connectivity index (χ3v) is 7.47. The van der Waals surface area contributed by atoms with Crippen LogP contribution >= 0.6 is 0 Å². The van der Waals surface area contributed by atoms with E-state index >= 15 is 0 Å². The minimum absolute atomic E-state index is 0.146. The van der Waals surface area contributed by atoms with Crippen LogP contribution in [0, 0.1) is 18.2 Å². The summed E-state index contributed by atoms with van der Waals surface area (Å²) in [7, 11) is -0.324. The second kappa shape index (κ2) is 9.77. The van der Waals surface area contributed by atoms with E-state index in [0.717, 1.165) is 4.90 Å². The monoisotopic (exact) mass is 453 g/mol. The first kappa shape index (κ1) is 22.4. The topological polar surface area (TPSA) is 26.3 Å². The zero-order chi connectivity index (χ0) is 23.3. The minimum Gasteiger partial charge on any atom is -0.438 e. The van der Waals surface area contributed by atoms with Gasteiger partial charge in [0, 0.05) is 5.56 Å². The van der Waals surface area contributed by atoms with E-state index in [0.29, 0.717) is 5.56 Å². The van der Waals surface area contributed by atoms with Gasteiger partial charge in [0.15, 0.2) is 20.3 Å². The molecule has 1 unspecified atom stereocenters. The van der Waals surface area contributed by atoms with E-state index in [1.165, 1.54) is 28.8 Å². The van der Waals surface area contributed by atoms with Crippen LogP contribution in [-0.2, 0) is 21.2 Å². The highest BCUT2D eigenvalue weighted by atomic mass is 32.2. The molecule has 4 aromatic carbocycles. The van der Waals surface area contributed by atoms with Crippen LogP contribution in [0.5, 0.6) is 0 Å². The van der Waals surface area contributed by atoms with E-state index in [-0.39, 0.29) is 16.5 Å². The zero-order valence-corrected chi connectivity index (χ0v) is 18.9. The summed E-state index contributed by atoms with van der Waals surface area (Å²) in [6, 6.07) is 33.8. The molecule has 0 fully saturated rings. The van der Waals surface area contributed by atoms with Crippen LogP contribution in [0.1, 0.15) is 22.8 Å².